The normalized spacial score (nSPS) is 11.8. The Labute approximate surface area is 59.8 Å². The standard InChI is InChI=1S/C4H10ClNO2S/c1-6-3-2-4-9(5,7)8/h6H,2-4H2,1H3. The lowest BCUT2D eigenvalue weighted by atomic mass is 10.5. The highest BCUT2D eigenvalue weighted by molar-refractivity contribution is 8.13. The Kier molecular flexibility index (Phi) is 4.18. The van der Waals surface area contributed by atoms with Crippen LogP contribution in [0.4, 0.5) is 0 Å². The van der Waals surface area contributed by atoms with E-state index in [1.165, 1.54) is 0 Å². The molecule has 56 valence electrons. The SMILES string of the molecule is CNCCCS(=O)(=O)Cl. The summed E-state index contributed by atoms with van der Waals surface area (Å²) in [5.74, 6) is 0.0510. The van der Waals surface area contributed by atoms with Gasteiger partial charge in [0.05, 0.1) is 5.75 Å². The van der Waals surface area contributed by atoms with Gasteiger partial charge in [-0.25, -0.2) is 8.42 Å². The molecule has 0 unspecified atom stereocenters. The topological polar surface area (TPSA) is 46.2 Å². The lowest BCUT2D eigenvalue weighted by molar-refractivity contribution is 0.605. The van der Waals surface area contributed by atoms with Gasteiger partial charge in [-0.1, -0.05) is 0 Å². The van der Waals surface area contributed by atoms with Crippen LogP contribution < -0.4 is 5.32 Å². The second kappa shape index (κ2) is 4.09. The molecular weight excluding hydrogens is 162 g/mol. The summed E-state index contributed by atoms with van der Waals surface area (Å²) < 4.78 is 20.5. The van der Waals surface area contributed by atoms with E-state index < -0.39 is 9.05 Å². The van der Waals surface area contributed by atoms with Gasteiger partial charge >= 0.3 is 0 Å². The van der Waals surface area contributed by atoms with Crippen molar-refractivity contribution in [2.24, 2.45) is 0 Å². The van der Waals surface area contributed by atoms with Crippen LogP contribution in [0.15, 0.2) is 0 Å². The van der Waals surface area contributed by atoms with Crippen molar-refractivity contribution in [1.29, 1.82) is 0 Å². The zero-order valence-corrected chi connectivity index (χ0v) is 6.80. The molecule has 0 spiro atoms. The van der Waals surface area contributed by atoms with Gasteiger partial charge < -0.3 is 5.32 Å². The molecule has 5 heteroatoms. The zero-order valence-electron chi connectivity index (χ0n) is 5.22. The highest BCUT2D eigenvalue weighted by Gasteiger charge is 2.02. The average Bonchev–Trinajstić information content (AvgIpc) is 1.63. The highest BCUT2D eigenvalue weighted by Crippen LogP contribution is 1.96. The van der Waals surface area contributed by atoms with Crippen molar-refractivity contribution < 1.29 is 8.42 Å². The van der Waals surface area contributed by atoms with Crippen LogP contribution in [0, 0.1) is 0 Å². The molecule has 0 heterocycles. The van der Waals surface area contributed by atoms with Gasteiger partial charge in [0.25, 0.3) is 0 Å². The third kappa shape index (κ3) is 8.20. The van der Waals surface area contributed by atoms with Crippen molar-refractivity contribution in [3.05, 3.63) is 0 Å². The summed E-state index contributed by atoms with van der Waals surface area (Å²) in [7, 11) is 3.41. The monoisotopic (exact) mass is 171 g/mol. The van der Waals surface area contributed by atoms with Gasteiger partial charge in [-0.3, -0.25) is 0 Å². The van der Waals surface area contributed by atoms with Crippen LogP contribution in [0.1, 0.15) is 6.42 Å². The van der Waals surface area contributed by atoms with Crippen molar-refractivity contribution in [1.82, 2.24) is 5.32 Å². The smallest absolute Gasteiger partial charge is 0.232 e. The second-order valence-electron chi connectivity index (χ2n) is 1.70. The van der Waals surface area contributed by atoms with Crippen molar-refractivity contribution >= 4 is 19.7 Å². The molecule has 0 aromatic carbocycles. The number of hydrogen-bond donors (Lipinski definition) is 1. The minimum atomic E-state index is -3.26. The Morgan fingerprint density at radius 2 is 2.11 bits per heavy atom. The van der Waals surface area contributed by atoms with E-state index in [0.29, 0.717) is 13.0 Å². The Morgan fingerprint density at radius 3 is 2.44 bits per heavy atom. The molecule has 0 fully saturated rings. The Morgan fingerprint density at radius 1 is 1.56 bits per heavy atom. The fourth-order valence-electron chi connectivity index (χ4n) is 0.421. The summed E-state index contributed by atoms with van der Waals surface area (Å²) in [6, 6.07) is 0. The first kappa shape index (κ1) is 9.20. The number of rotatable bonds is 4. The molecule has 3 nitrogen and oxygen atoms in total. The molecule has 0 bridgehead atoms. The predicted octanol–water partition coefficient (Wildman–Crippen LogP) is 0.165. The Balaban J connectivity index is 3.30. The Hall–Kier alpha value is 0.200. The summed E-state index contributed by atoms with van der Waals surface area (Å²) >= 11 is 0. The van der Waals surface area contributed by atoms with Gasteiger partial charge in [-0.15, -0.1) is 0 Å². The maximum Gasteiger partial charge on any atom is 0.232 e. The van der Waals surface area contributed by atoms with Crippen LogP contribution in [0.3, 0.4) is 0 Å². The van der Waals surface area contributed by atoms with Crippen LogP contribution in [0.2, 0.25) is 0 Å². The van der Waals surface area contributed by atoms with Gasteiger partial charge in [-0.05, 0) is 20.0 Å². The molecule has 0 radical (unpaired) electrons. The highest BCUT2D eigenvalue weighted by atomic mass is 35.7. The van der Waals surface area contributed by atoms with Crippen LogP contribution in [-0.2, 0) is 9.05 Å². The maximum absolute atomic E-state index is 10.2. The van der Waals surface area contributed by atoms with Gasteiger partial charge in [-0.2, -0.15) is 0 Å². The molecule has 0 atom stereocenters. The number of halogens is 1. The van der Waals surface area contributed by atoms with Gasteiger partial charge in [0.2, 0.25) is 9.05 Å². The minimum Gasteiger partial charge on any atom is -0.320 e. The average molecular weight is 172 g/mol. The van der Waals surface area contributed by atoms with E-state index in [1.807, 2.05) is 0 Å². The molecule has 0 aromatic rings. The molecule has 0 aromatic heterocycles. The minimum absolute atomic E-state index is 0.0510. The van der Waals surface area contributed by atoms with Gasteiger partial charge in [0.1, 0.15) is 0 Å². The van der Waals surface area contributed by atoms with Gasteiger partial charge in [0.15, 0.2) is 0 Å². The van der Waals surface area contributed by atoms with E-state index in [9.17, 15) is 8.42 Å². The van der Waals surface area contributed by atoms with Gasteiger partial charge in [0, 0.05) is 10.7 Å². The van der Waals surface area contributed by atoms with Crippen molar-refractivity contribution in [3.8, 4) is 0 Å². The maximum atomic E-state index is 10.2. The largest absolute Gasteiger partial charge is 0.320 e. The van der Waals surface area contributed by atoms with Crippen LogP contribution in [0.5, 0.6) is 0 Å². The summed E-state index contributed by atoms with van der Waals surface area (Å²) in [5.41, 5.74) is 0. The Bertz CT molecular complexity index is 154. The summed E-state index contributed by atoms with van der Waals surface area (Å²) in [6.45, 7) is 0.686. The fourth-order valence-corrected chi connectivity index (χ4v) is 1.24. The van der Waals surface area contributed by atoms with Crippen molar-refractivity contribution in [2.75, 3.05) is 19.3 Å². The molecule has 0 saturated carbocycles. The van der Waals surface area contributed by atoms with E-state index >= 15 is 0 Å². The van der Waals surface area contributed by atoms with Crippen LogP contribution in [0.25, 0.3) is 0 Å². The van der Waals surface area contributed by atoms with E-state index in [0.717, 1.165) is 0 Å². The van der Waals surface area contributed by atoms with Crippen LogP contribution >= 0.6 is 10.7 Å². The zero-order chi connectivity index (χ0) is 7.33. The quantitative estimate of drug-likeness (QED) is 0.485. The first-order valence-corrected chi connectivity index (χ1v) is 5.11. The molecule has 0 aliphatic rings. The fraction of sp³-hybridized carbons (Fsp3) is 1.00. The third-order valence-corrected chi connectivity index (χ3v) is 2.05. The molecule has 0 rings (SSSR count). The molecule has 0 saturated heterocycles. The summed E-state index contributed by atoms with van der Waals surface area (Å²) in [5, 5.41) is 2.82. The van der Waals surface area contributed by atoms with E-state index in [2.05, 4.69) is 5.32 Å². The summed E-state index contributed by atoms with van der Waals surface area (Å²) in [6.07, 6.45) is 0.572. The molecule has 9 heavy (non-hydrogen) atoms. The first-order valence-electron chi connectivity index (χ1n) is 2.63. The first-order chi connectivity index (χ1) is 4.06. The number of nitrogens with one attached hydrogen (secondary N) is 1. The van der Waals surface area contributed by atoms with Crippen molar-refractivity contribution in [3.63, 3.8) is 0 Å². The molecule has 0 aliphatic carbocycles. The summed E-state index contributed by atoms with van der Waals surface area (Å²) in [4.78, 5) is 0. The lowest BCUT2D eigenvalue weighted by Crippen LogP contribution is -2.11. The molecule has 1 N–H and O–H groups in total. The van der Waals surface area contributed by atoms with Crippen molar-refractivity contribution in [2.45, 2.75) is 6.42 Å². The molecular formula is C4H10ClNO2S. The molecule has 0 amide bonds. The van der Waals surface area contributed by atoms with Crippen LogP contribution in [-0.4, -0.2) is 27.8 Å². The second-order valence-corrected chi connectivity index (χ2v) is 4.60. The lowest BCUT2D eigenvalue weighted by Gasteiger charge is -1.94. The molecule has 0 aliphatic heterocycles. The predicted molar refractivity (Wildman–Crippen MR) is 38.2 cm³/mol. The van der Waals surface area contributed by atoms with E-state index in [-0.39, 0.29) is 5.75 Å². The number of hydrogen-bond acceptors (Lipinski definition) is 3. The van der Waals surface area contributed by atoms with E-state index in [4.69, 9.17) is 10.7 Å². The van der Waals surface area contributed by atoms with E-state index in [1.54, 1.807) is 7.05 Å². The third-order valence-electron chi connectivity index (χ3n) is 0.815.